The van der Waals surface area contributed by atoms with E-state index < -0.39 is 29.1 Å². The Labute approximate surface area is 223 Å². The SMILES string of the molecule is NC(=O)[C@H](Cc1ccc(C(F)(F)F)cc1)N(C(=O)C1(c2ccc(Cl)cc2Cl)CC1)C1CC2CCC(C1)N2. The van der Waals surface area contributed by atoms with Crippen LogP contribution in [0.15, 0.2) is 42.5 Å². The van der Waals surface area contributed by atoms with E-state index in [2.05, 4.69) is 5.32 Å². The fourth-order valence-corrected chi connectivity index (χ4v) is 6.64. The Balaban J connectivity index is 1.50. The molecule has 2 heterocycles. The van der Waals surface area contributed by atoms with Crippen molar-refractivity contribution in [3.8, 4) is 0 Å². The highest BCUT2D eigenvalue weighted by Gasteiger charge is 2.57. The first-order valence-corrected chi connectivity index (χ1v) is 13.2. The molecule has 2 unspecified atom stereocenters. The van der Waals surface area contributed by atoms with Crippen LogP contribution in [0.25, 0.3) is 0 Å². The number of halogens is 5. The molecule has 0 spiro atoms. The van der Waals surface area contributed by atoms with Crippen molar-refractivity contribution in [3.05, 3.63) is 69.2 Å². The molecule has 3 atom stereocenters. The number of primary amides is 1. The van der Waals surface area contributed by atoms with E-state index in [1.54, 1.807) is 23.1 Å². The molecule has 2 aromatic rings. The van der Waals surface area contributed by atoms with Crippen LogP contribution in [-0.2, 0) is 27.6 Å². The summed E-state index contributed by atoms with van der Waals surface area (Å²) in [4.78, 5) is 28.9. The van der Waals surface area contributed by atoms with Crippen LogP contribution in [0.1, 0.15) is 55.2 Å². The minimum Gasteiger partial charge on any atom is -0.368 e. The molecule has 3 N–H and O–H groups in total. The number of alkyl halides is 3. The zero-order valence-electron chi connectivity index (χ0n) is 20.0. The predicted octanol–water partition coefficient (Wildman–Crippen LogP) is 5.25. The van der Waals surface area contributed by atoms with Gasteiger partial charge in [0.1, 0.15) is 6.04 Å². The predicted molar refractivity (Wildman–Crippen MR) is 135 cm³/mol. The van der Waals surface area contributed by atoms with Crippen molar-refractivity contribution >= 4 is 35.0 Å². The second-order valence-electron chi connectivity index (χ2n) is 10.5. The summed E-state index contributed by atoms with van der Waals surface area (Å²) in [6, 6.07) is 8.98. The molecule has 2 aliphatic heterocycles. The fraction of sp³-hybridized carbons (Fsp3) is 0.481. The Kier molecular flexibility index (Phi) is 6.96. The van der Waals surface area contributed by atoms with Gasteiger partial charge in [0.15, 0.2) is 0 Å². The smallest absolute Gasteiger partial charge is 0.368 e. The number of piperidine rings is 1. The largest absolute Gasteiger partial charge is 0.416 e. The summed E-state index contributed by atoms with van der Waals surface area (Å²) < 4.78 is 39.2. The highest BCUT2D eigenvalue weighted by atomic mass is 35.5. The zero-order valence-corrected chi connectivity index (χ0v) is 21.5. The topological polar surface area (TPSA) is 75.4 Å². The molecule has 3 aliphatic rings. The summed E-state index contributed by atoms with van der Waals surface area (Å²) in [6.45, 7) is 0. The van der Waals surface area contributed by atoms with Gasteiger partial charge in [-0.25, -0.2) is 0 Å². The van der Waals surface area contributed by atoms with E-state index >= 15 is 0 Å². The summed E-state index contributed by atoms with van der Waals surface area (Å²) in [7, 11) is 0. The number of nitrogens with two attached hydrogens (primary N) is 1. The highest BCUT2D eigenvalue weighted by molar-refractivity contribution is 6.35. The summed E-state index contributed by atoms with van der Waals surface area (Å²) in [5.41, 5.74) is 5.42. The molecule has 2 amide bonds. The van der Waals surface area contributed by atoms with Gasteiger partial charge >= 0.3 is 6.18 Å². The van der Waals surface area contributed by atoms with Crippen LogP contribution in [0.5, 0.6) is 0 Å². The summed E-state index contributed by atoms with van der Waals surface area (Å²) in [5, 5.41) is 4.41. The van der Waals surface area contributed by atoms with E-state index in [4.69, 9.17) is 28.9 Å². The lowest BCUT2D eigenvalue weighted by molar-refractivity contribution is -0.145. The standard InChI is InChI=1S/C27H28Cl2F3N3O2/c28-17-5-8-21(22(29)12-17)26(9-10-26)25(37)35(20-13-18-6-7-19(14-20)34-18)23(24(33)36)11-15-1-3-16(4-2-15)27(30,31)32/h1-5,8,12,18-20,23,34H,6-7,9-11,13-14H2,(H2,33,36)/t18?,19?,20?,23-/m0/s1. The van der Waals surface area contributed by atoms with E-state index in [-0.39, 0.29) is 30.5 Å². The third-order valence-corrected chi connectivity index (χ3v) is 8.60. The molecule has 2 bridgehead atoms. The number of nitrogens with one attached hydrogen (secondary N) is 1. The molecular weight excluding hydrogens is 526 g/mol. The van der Waals surface area contributed by atoms with Crippen LogP contribution in [0.4, 0.5) is 13.2 Å². The lowest BCUT2D eigenvalue weighted by Crippen LogP contribution is -2.60. The normalized spacial score (nSPS) is 24.9. The van der Waals surface area contributed by atoms with Crippen LogP contribution in [-0.4, -0.2) is 40.9 Å². The number of rotatable bonds is 7. The first-order valence-electron chi connectivity index (χ1n) is 12.5. The van der Waals surface area contributed by atoms with Crippen LogP contribution < -0.4 is 11.1 Å². The molecule has 2 saturated heterocycles. The van der Waals surface area contributed by atoms with Crippen LogP contribution in [0.3, 0.4) is 0 Å². The zero-order chi connectivity index (χ0) is 26.5. The Morgan fingerprint density at radius 2 is 1.68 bits per heavy atom. The molecule has 10 heteroatoms. The van der Waals surface area contributed by atoms with Gasteiger partial charge in [0.2, 0.25) is 11.8 Å². The van der Waals surface area contributed by atoms with Gasteiger partial charge in [-0.05, 0) is 73.9 Å². The van der Waals surface area contributed by atoms with Gasteiger partial charge in [0, 0.05) is 34.6 Å². The van der Waals surface area contributed by atoms with Gasteiger partial charge in [-0.3, -0.25) is 9.59 Å². The van der Waals surface area contributed by atoms with Crippen LogP contribution >= 0.6 is 23.2 Å². The van der Waals surface area contributed by atoms with Gasteiger partial charge in [-0.15, -0.1) is 0 Å². The number of nitrogens with zero attached hydrogens (tertiary/aromatic N) is 1. The molecule has 198 valence electrons. The molecule has 1 aliphatic carbocycles. The monoisotopic (exact) mass is 553 g/mol. The van der Waals surface area contributed by atoms with Gasteiger partial charge in [-0.2, -0.15) is 13.2 Å². The number of carbonyl (C=O) groups excluding carboxylic acids is 2. The Morgan fingerprint density at radius 3 is 2.19 bits per heavy atom. The molecule has 1 saturated carbocycles. The van der Waals surface area contributed by atoms with E-state index in [9.17, 15) is 22.8 Å². The number of carbonyl (C=O) groups is 2. The van der Waals surface area contributed by atoms with E-state index in [1.807, 2.05) is 0 Å². The van der Waals surface area contributed by atoms with E-state index in [0.717, 1.165) is 25.0 Å². The van der Waals surface area contributed by atoms with Crippen molar-refractivity contribution in [2.24, 2.45) is 5.73 Å². The highest BCUT2D eigenvalue weighted by Crippen LogP contribution is 2.53. The van der Waals surface area contributed by atoms with Crippen molar-refractivity contribution < 1.29 is 22.8 Å². The minimum atomic E-state index is -4.46. The molecule has 37 heavy (non-hydrogen) atoms. The average Bonchev–Trinajstić information content (AvgIpc) is 3.56. The van der Waals surface area contributed by atoms with Gasteiger partial charge < -0.3 is 16.0 Å². The number of hydrogen-bond acceptors (Lipinski definition) is 3. The Hall–Kier alpha value is -2.29. The fourth-order valence-electron chi connectivity index (χ4n) is 6.05. The Bertz CT molecular complexity index is 1190. The third-order valence-electron chi connectivity index (χ3n) is 8.06. The minimum absolute atomic E-state index is 0.0307. The van der Waals surface area contributed by atoms with Gasteiger partial charge in [0.25, 0.3) is 0 Å². The number of benzene rings is 2. The Morgan fingerprint density at radius 1 is 1.05 bits per heavy atom. The van der Waals surface area contributed by atoms with Gasteiger partial charge in [-0.1, -0.05) is 41.4 Å². The lowest BCUT2D eigenvalue weighted by Gasteiger charge is -2.43. The molecule has 2 aromatic carbocycles. The quantitative estimate of drug-likeness (QED) is 0.491. The molecule has 0 radical (unpaired) electrons. The van der Waals surface area contributed by atoms with Crippen molar-refractivity contribution in [2.75, 3.05) is 0 Å². The maximum atomic E-state index is 14.4. The average molecular weight is 554 g/mol. The molecule has 3 fully saturated rings. The van der Waals surface area contributed by atoms with Crippen molar-refractivity contribution in [3.63, 3.8) is 0 Å². The third kappa shape index (κ3) is 5.20. The summed E-state index contributed by atoms with van der Waals surface area (Å²) >= 11 is 12.6. The van der Waals surface area contributed by atoms with Crippen molar-refractivity contribution in [2.45, 2.75) is 80.7 Å². The maximum Gasteiger partial charge on any atom is 0.416 e. The first-order chi connectivity index (χ1) is 17.5. The van der Waals surface area contributed by atoms with Crippen molar-refractivity contribution in [1.82, 2.24) is 10.2 Å². The maximum absolute atomic E-state index is 14.4. The number of hydrogen-bond donors (Lipinski definition) is 2. The molecule has 5 rings (SSSR count). The molecule has 0 aromatic heterocycles. The lowest BCUT2D eigenvalue weighted by atomic mass is 9.88. The summed E-state index contributed by atoms with van der Waals surface area (Å²) in [5.74, 6) is -0.893. The van der Waals surface area contributed by atoms with Crippen LogP contribution in [0.2, 0.25) is 10.0 Å². The number of fused-ring (bicyclic) bond motifs is 2. The molecule has 5 nitrogen and oxygen atoms in total. The second-order valence-corrected chi connectivity index (χ2v) is 11.3. The van der Waals surface area contributed by atoms with Gasteiger partial charge in [0.05, 0.1) is 11.0 Å². The first kappa shape index (κ1) is 26.3. The summed E-state index contributed by atoms with van der Waals surface area (Å²) in [6.07, 6.45) is 0.0829. The van der Waals surface area contributed by atoms with Crippen molar-refractivity contribution in [1.29, 1.82) is 0 Å². The van der Waals surface area contributed by atoms with E-state index in [1.165, 1.54) is 12.1 Å². The second kappa shape index (κ2) is 9.79. The molecular formula is C27H28Cl2F3N3O2. The van der Waals surface area contributed by atoms with E-state index in [0.29, 0.717) is 46.9 Å². The van der Waals surface area contributed by atoms with Crippen LogP contribution in [0, 0.1) is 0 Å². The number of amides is 2.